The lowest BCUT2D eigenvalue weighted by atomic mass is 9.94. The minimum atomic E-state index is -2.15. The van der Waals surface area contributed by atoms with Gasteiger partial charge in [-0.3, -0.25) is 10.2 Å². The van der Waals surface area contributed by atoms with E-state index < -0.39 is 17.5 Å². The minimum Gasteiger partial charge on any atom is -0.479 e. The summed E-state index contributed by atoms with van der Waals surface area (Å²) in [5, 5.41) is 19.2. The van der Waals surface area contributed by atoms with Gasteiger partial charge in [-0.25, -0.2) is 4.79 Å². The first-order valence-electron chi connectivity index (χ1n) is 5.18. The van der Waals surface area contributed by atoms with Gasteiger partial charge in [-0.2, -0.15) is 4.37 Å². The zero-order valence-corrected chi connectivity index (χ0v) is 10.4. The maximum Gasteiger partial charge on any atom is 0.343 e. The molecular weight excluding hydrogens is 268 g/mol. The van der Waals surface area contributed by atoms with E-state index in [0.717, 1.165) is 16.2 Å². The molecule has 1 aromatic heterocycles. The van der Waals surface area contributed by atoms with Crippen LogP contribution in [-0.2, 0) is 15.1 Å². The lowest BCUT2D eigenvalue weighted by molar-refractivity contribution is -0.146. The van der Waals surface area contributed by atoms with Crippen molar-refractivity contribution in [1.29, 1.82) is 5.41 Å². The van der Waals surface area contributed by atoms with Crippen molar-refractivity contribution in [2.45, 2.75) is 5.54 Å². The monoisotopic (exact) mass is 278 g/mol. The van der Waals surface area contributed by atoms with Gasteiger partial charge in [0.2, 0.25) is 5.54 Å². The Hall–Kier alpha value is -2.48. The van der Waals surface area contributed by atoms with E-state index in [9.17, 15) is 14.7 Å². The maximum absolute atomic E-state index is 11.4. The minimum absolute atomic E-state index is 0.0331. The van der Waals surface area contributed by atoms with Gasteiger partial charge in [0.25, 0.3) is 0 Å². The van der Waals surface area contributed by atoms with E-state index in [1.807, 2.05) is 0 Å². The van der Waals surface area contributed by atoms with Crippen LogP contribution in [0.3, 0.4) is 0 Å². The first kappa shape index (κ1) is 13.0. The Labute approximate surface area is 111 Å². The molecule has 0 aliphatic rings. The average molecular weight is 278 g/mol. The molecule has 0 aliphatic carbocycles. The molecule has 0 radical (unpaired) electrons. The standard InChI is InChI=1S/C11H10N4O3S/c12-10(13)14-11(5-16,9(17)18)8-6-3-1-2-4-7(6)19-15-8/h1-5H,(H,17,18)(H4,12,13,14). The van der Waals surface area contributed by atoms with Crippen LogP contribution in [0.2, 0.25) is 0 Å². The Bertz CT molecular complexity index is 669. The number of benzene rings is 1. The predicted octanol–water partition coefficient (Wildman–Crippen LogP) is 0.258. The second kappa shape index (κ2) is 4.65. The van der Waals surface area contributed by atoms with Crippen molar-refractivity contribution in [1.82, 2.24) is 9.69 Å². The summed E-state index contributed by atoms with van der Waals surface area (Å²) in [5.41, 5.74) is 3.05. The third-order valence-corrected chi connectivity index (χ3v) is 3.42. The third-order valence-electron chi connectivity index (χ3n) is 2.60. The maximum atomic E-state index is 11.4. The summed E-state index contributed by atoms with van der Waals surface area (Å²) < 4.78 is 4.77. The van der Waals surface area contributed by atoms with Gasteiger partial charge in [-0.05, 0) is 17.6 Å². The highest BCUT2D eigenvalue weighted by molar-refractivity contribution is 7.13. The van der Waals surface area contributed by atoms with Crippen LogP contribution < -0.4 is 11.1 Å². The summed E-state index contributed by atoms with van der Waals surface area (Å²) >= 11 is 1.08. The second-order valence-corrected chi connectivity index (χ2v) is 4.60. The van der Waals surface area contributed by atoms with E-state index in [2.05, 4.69) is 9.69 Å². The quantitative estimate of drug-likeness (QED) is 0.275. The summed E-state index contributed by atoms with van der Waals surface area (Å²) in [7, 11) is 0. The highest BCUT2D eigenvalue weighted by Crippen LogP contribution is 2.30. The smallest absolute Gasteiger partial charge is 0.343 e. The summed E-state index contributed by atoms with van der Waals surface area (Å²) in [6, 6.07) is 6.93. The number of hydrogen-bond acceptors (Lipinski definition) is 5. The van der Waals surface area contributed by atoms with Crippen molar-refractivity contribution in [3.8, 4) is 0 Å². The Morgan fingerprint density at radius 1 is 1.53 bits per heavy atom. The lowest BCUT2D eigenvalue weighted by Gasteiger charge is -2.23. The Kier molecular flexibility index (Phi) is 3.17. The van der Waals surface area contributed by atoms with Crippen molar-refractivity contribution in [2.75, 3.05) is 0 Å². The first-order chi connectivity index (χ1) is 9.01. The van der Waals surface area contributed by atoms with Crippen LogP contribution in [0.15, 0.2) is 24.3 Å². The number of nitrogens with one attached hydrogen (secondary N) is 2. The molecule has 2 rings (SSSR count). The normalized spacial score (nSPS) is 13.7. The molecule has 5 N–H and O–H groups in total. The van der Waals surface area contributed by atoms with Crippen LogP contribution in [0.25, 0.3) is 10.1 Å². The zero-order valence-electron chi connectivity index (χ0n) is 9.58. The van der Waals surface area contributed by atoms with Crippen LogP contribution in [-0.4, -0.2) is 27.7 Å². The van der Waals surface area contributed by atoms with Gasteiger partial charge in [-0.1, -0.05) is 18.2 Å². The van der Waals surface area contributed by atoms with E-state index in [0.29, 0.717) is 5.39 Å². The van der Waals surface area contributed by atoms with Crippen LogP contribution in [0.1, 0.15) is 5.69 Å². The SMILES string of the molecule is N=C(N)NC(C=O)(C(=O)O)c1nsc2ccccc12. The highest BCUT2D eigenvalue weighted by atomic mass is 32.1. The number of carbonyl (C=O) groups is 2. The number of hydrogen-bond donors (Lipinski definition) is 4. The molecule has 98 valence electrons. The Morgan fingerprint density at radius 3 is 2.79 bits per heavy atom. The molecule has 0 amide bonds. The molecule has 1 unspecified atom stereocenters. The number of carbonyl (C=O) groups excluding carboxylic acids is 1. The van der Waals surface area contributed by atoms with E-state index in [-0.39, 0.29) is 12.0 Å². The van der Waals surface area contributed by atoms with Crippen LogP contribution >= 0.6 is 11.5 Å². The molecule has 19 heavy (non-hydrogen) atoms. The summed E-state index contributed by atoms with van der Waals surface area (Å²) in [4.78, 5) is 22.8. The van der Waals surface area contributed by atoms with Gasteiger partial charge in [0.15, 0.2) is 12.2 Å². The van der Waals surface area contributed by atoms with E-state index in [1.54, 1.807) is 24.3 Å². The van der Waals surface area contributed by atoms with Crippen molar-refractivity contribution < 1.29 is 14.7 Å². The Balaban J connectivity index is 2.70. The second-order valence-electron chi connectivity index (χ2n) is 3.80. The van der Waals surface area contributed by atoms with Gasteiger partial charge < -0.3 is 16.2 Å². The molecule has 0 fully saturated rings. The Morgan fingerprint density at radius 2 is 2.21 bits per heavy atom. The number of guanidine groups is 1. The largest absolute Gasteiger partial charge is 0.479 e. The summed E-state index contributed by atoms with van der Waals surface area (Å²) in [5.74, 6) is -2.08. The molecule has 0 aliphatic heterocycles. The molecule has 7 nitrogen and oxygen atoms in total. The topological polar surface area (TPSA) is 129 Å². The van der Waals surface area contributed by atoms with Crippen LogP contribution in [0.5, 0.6) is 0 Å². The molecule has 1 atom stereocenters. The molecular formula is C11H10N4O3S. The number of rotatable bonds is 4. The number of aromatic nitrogens is 1. The van der Waals surface area contributed by atoms with Gasteiger partial charge in [-0.15, -0.1) is 0 Å². The molecule has 2 aromatic rings. The number of nitrogens with two attached hydrogens (primary N) is 1. The molecule has 8 heteroatoms. The lowest BCUT2D eigenvalue weighted by Crippen LogP contribution is -2.55. The van der Waals surface area contributed by atoms with Crippen molar-refractivity contribution in [3.63, 3.8) is 0 Å². The zero-order chi connectivity index (χ0) is 14.0. The summed E-state index contributed by atoms with van der Waals surface area (Å²) in [6.07, 6.45) is 0.193. The van der Waals surface area contributed by atoms with Crippen LogP contribution in [0.4, 0.5) is 0 Å². The highest BCUT2D eigenvalue weighted by Gasteiger charge is 2.44. The van der Waals surface area contributed by atoms with Crippen molar-refractivity contribution in [3.05, 3.63) is 30.0 Å². The predicted molar refractivity (Wildman–Crippen MR) is 70.0 cm³/mol. The van der Waals surface area contributed by atoms with Crippen LogP contribution in [0, 0.1) is 5.41 Å². The van der Waals surface area contributed by atoms with Gasteiger partial charge in [0.05, 0.1) is 4.70 Å². The van der Waals surface area contributed by atoms with E-state index in [1.165, 1.54) is 0 Å². The fraction of sp³-hybridized carbons (Fsp3) is 0.0909. The first-order valence-corrected chi connectivity index (χ1v) is 5.95. The fourth-order valence-electron chi connectivity index (χ4n) is 1.73. The number of aldehydes is 1. The molecule has 0 bridgehead atoms. The van der Waals surface area contributed by atoms with Gasteiger partial charge in [0, 0.05) is 5.39 Å². The van der Waals surface area contributed by atoms with Crippen molar-refractivity contribution >= 4 is 39.8 Å². The third kappa shape index (κ3) is 2.02. The number of carboxylic acid groups (broad SMARTS) is 1. The summed E-state index contributed by atoms with van der Waals surface area (Å²) in [6.45, 7) is 0. The number of carboxylic acids is 1. The number of fused-ring (bicyclic) bond motifs is 1. The molecule has 0 spiro atoms. The van der Waals surface area contributed by atoms with E-state index in [4.69, 9.17) is 11.1 Å². The fourth-order valence-corrected chi connectivity index (χ4v) is 2.57. The molecule has 0 saturated carbocycles. The van der Waals surface area contributed by atoms with Gasteiger partial charge >= 0.3 is 5.97 Å². The van der Waals surface area contributed by atoms with Crippen molar-refractivity contribution in [2.24, 2.45) is 5.73 Å². The molecule has 1 aromatic carbocycles. The molecule has 1 heterocycles. The number of aliphatic carboxylic acids is 1. The molecule has 0 saturated heterocycles. The average Bonchev–Trinajstić information content (AvgIpc) is 2.79. The van der Waals surface area contributed by atoms with E-state index >= 15 is 0 Å². The van der Waals surface area contributed by atoms with Gasteiger partial charge in [0.1, 0.15) is 5.69 Å². The number of nitrogens with zero attached hydrogens (tertiary/aromatic N) is 1.